The molecule has 1 saturated carbocycles. The van der Waals surface area contributed by atoms with Crippen LogP contribution in [0, 0.1) is 0 Å². The highest BCUT2D eigenvalue weighted by atomic mass is 16.5. The van der Waals surface area contributed by atoms with Crippen LogP contribution in [-0.2, 0) is 11.3 Å². The average Bonchev–Trinajstić information content (AvgIpc) is 2.48. The predicted molar refractivity (Wildman–Crippen MR) is 84.1 cm³/mol. The van der Waals surface area contributed by atoms with Crippen LogP contribution in [0.4, 0.5) is 4.79 Å². The monoisotopic (exact) mass is 290 g/mol. The highest BCUT2D eigenvalue weighted by Gasteiger charge is 2.22. The molecule has 0 heterocycles. The van der Waals surface area contributed by atoms with Crippen molar-refractivity contribution in [3.05, 3.63) is 35.9 Å². The Bertz CT molecular complexity index is 426. The molecule has 1 fully saturated rings. The Kier molecular flexibility index (Phi) is 6.05. The molecule has 0 aliphatic heterocycles. The number of carbonyl (C=O) groups is 1. The highest BCUT2D eigenvalue weighted by molar-refractivity contribution is 5.67. The molecule has 0 spiro atoms. The minimum atomic E-state index is -0.306. The average molecular weight is 290 g/mol. The highest BCUT2D eigenvalue weighted by Crippen LogP contribution is 2.19. The first-order valence-electron chi connectivity index (χ1n) is 7.86. The summed E-state index contributed by atoms with van der Waals surface area (Å²) in [4.78, 5) is 11.8. The molecule has 116 valence electrons. The SMILES string of the molecule is CC(C)NC1CCC(NC(=O)OCc2ccccc2)CC1. The fourth-order valence-electron chi connectivity index (χ4n) is 2.81. The van der Waals surface area contributed by atoms with Crippen molar-refractivity contribution in [1.82, 2.24) is 10.6 Å². The van der Waals surface area contributed by atoms with E-state index in [1.54, 1.807) is 0 Å². The lowest BCUT2D eigenvalue weighted by molar-refractivity contribution is 0.131. The smallest absolute Gasteiger partial charge is 0.407 e. The zero-order chi connectivity index (χ0) is 15.1. The van der Waals surface area contributed by atoms with Gasteiger partial charge in [0.2, 0.25) is 0 Å². The number of carbonyl (C=O) groups excluding carboxylic acids is 1. The third-order valence-corrected chi connectivity index (χ3v) is 3.83. The van der Waals surface area contributed by atoms with Gasteiger partial charge in [-0.1, -0.05) is 44.2 Å². The molecular weight excluding hydrogens is 264 g/mol. The zero-order valence-electron chi connectivity index (χ0n) is 13.0. The van der Waals surface area contributed by atoms with Crippen LogP contribution in [0.1, 0.15) is 45.1 Å². The maximum Gasteiger partial charge on any atom is 0.407 e. The number of amides is 1. The number of rotatable bonds is 5. The van der Waals surface area contributed by atoms with Crippen molar-refractivity contribution >= 4 is 6.09 Å². The molecule has 0 unspecified atom stereocenters. The number of hydrogen-bond acceptors (Lipinski definition) is 3. The normalized spacial score (nSPS) is 22.0. The summed E-state index contributed by atoms with van der Waals surface area (Å²) in [6.45, 7) is 4.67. The third-order valence-electron chi connectivity index (χ3n) is 3.83. The minimum absolute atomic E-state index is 0.249. The summed E-state index contributed by atoms with van der Waals surface area (Å²) in [5, 5.41) is 6.53. The fraction of sp³-hybridized carbons (Fsp3) is 0.588. The maximum atomic E-state index is 11.8. The Balaban J connectivity index is 1.65. The summed E-state index contributed by atoms with van der Waals surface area (Å²) >= 11 is 0. The Morgan fingerprint density at radius 3 is 2.38 bits per heavy atom. The molecule has 1 amide bonds. The van der Waals surface area contributed by atoms with Crippen LogP contribution in [0.3, 0.4) is 0 Å². The molecule has 4 heteroatoms. The van der Waals surface area contributed by atoms with Crippen LogP contribution in [0.5, 0.6) is 0 Å². The molecule has 2 N–H and O–H groups in total. The lowest BCUT2D eigenvalue weighted by Gasteiger charge is -2.30. The number of ether oxygens (including phenoxy) is 1. The van der Waals surface area contributed by atoms with Crippen molar-refractivity contribution in [2.45, 2.75) is 64.3 Å². The van der Waals surface area contributed by atoms with Crippen LogP contribution < -0.4 is 10.6 Å². The number of hydrogen-bond donors (Lipinski definition) is 2. The van der Waals surface area contributed by atoms with E-state index in [-0.39, 0.29) is 12.1 Å². The molecule has 21 heavy (non-hydrogen) atoms. The molecule has 1 aromatic rings. The first kappa shape index (κ1) is 15.8. The number of nitrogens with one attached hydrogen (secondary N) is 2. The van der Waals surface area contributed by atoms with E-state index in [1.807, 2.05) is 30.3 Å². The topological polar surface area (TPSA) is 50.4 Å². The van der Waals surface area contributed by atoms with Gasteiger partial charge < -0.3 is 15.4 Å². The van der Waals surface area contributed by atoms with Gasteiger partial charge in [-0.2, -0.15) is 0 Å². The van der Waals surface area contributed by atoms with Crippen molar-refractivity contribution in [3.63, 3.8) is 0 Å². The molecule has 0 radical (unpaired) electrons. The Morgan fingerprint density at radius 1 is 1.14 bits per heavy atom. The molecule has 2 rings (SSSR count). The van der Waals surface area contributed by atoms with E-state index in [9.17, 15) is 4.79 Å². The van der Waals surface area contributed by atoms with Gasteiger partial charge in [-0.3, -0.25) is 0 Å². The molecule has 4 nitrogen and oxygen atoms in total. The van der Waals surface area contributed by atoms with Crippen molar-refractivity contribution in [2.24, 2.45) is 0 Å². The van der Waals surface area contributed by atoms with E-state index in [1.165, 1.54) is 0 Å². The van der Waals surface area contributed by atoms with Gasteiger partial charge in [0, 0.05) is 18.1 Å². The molecule has 0 aromatic heterocycles. The Morgan fingerprint density at radius 2 is 1.76 bits per heavy atom. The van der Waals surface area contributed by atoms with Crippen LogP contribution in [-0.4, -0.2) is 24.2 Å². The fourth-order valence-corrected chi connectivity index (χ4v) is 2.81. The van der Waals surface area contributed by atoms with E-state index in [2.05, 4.69) is 24.5 Å². The maximum absolute atomic E-state index is 11.8. The van der Waals surface area contributed by atoms with Gasteiger partial charge in [-0.05, 0) is 31.2 Å². The number of alkyl carbamates (subject to hydrolysis) is 1. The molecule has 0 atom stereocenters. The first-order chi connectivity index (χ1) is 10.1. The third kappa shape index (κ3) is 5.76. The lowest BCUT2D eigenvalue weighted by atomic mass is 9.91. The standard InChI is InChI=1S/C17H26N2O2/c1-13(2)18-15-8-10-16(11-9-15)19-17(20)21-12-14-6-4-3-5-7-14/h3-7,13,15-16,18H,8-12H2,1-2H3,(H,19,20). The number of benzene rings is 1. The minimum Gasteiger partial charge on any atom is -0.445 e. The summed E-state index contributed by atoms with van der Waals surface area (Å²) < 4.78 is 5.26. The second-order valence-electron chi connectivity index (χ2n) is 6.08. The summed E-state index contributed by atoms with van der Waals surface area (Å²) in [6.07, 6.45) is 3.96. The Labute approximate surface area is 127 Å². The molecule has 0 bridgehead atoms. The Hall–Kier alpha value is -1.55. The molecule has 0 saturated heterocycles. The van der Waals surface area contributed by atoms with Gasteiger partial charge in [0.1, 0.15) is 6.61 Å². The summed E-state index contributed by atoms with van der Waals surface area (Å²) in [5.74, 6) is 0. The van der Waals surface area contributed by atoms with Gasteiger partial charge >= 0.3 is 6.09 Å². The molecule has 1 aromatic carbocycles. The second kappa shape index (κ2) is 8.03. The van der Waals surface area contributed by atoms with Crippen molar-refractivity contribution in [1.29, 1.82) is 0 Å². The van der Waals surface area contributed by atoms with Crippen LogP contribution in [0.2, 0.25) is 0 Å². The van der Waals surface area contributed by atoms with Crippen molar-refractivity contribution < 1.29 is 9.53 Å². The van der Waals surface area contributed by atoms with Crippen LogP contribution >= 0.6 is 0 Å². The summed E-state index contributed by atoms with van der Waals surface area (Å²) in [5.41, 5.74) is 1.01. The largest absolute Gasteiger partial charge is 0.445 e. The van der Waals surface area contributed by atoms with E-state index in [4.69, 9.17) is 4.74 Å². The van der Waals surface area contributed by atoms with Gasteiger partial charge in [0.25, 0.3) is 0 Å². The quantitative estimate of drug-likeness (QED) is 0.875. The van der Waals surface area contributed by atoms with Crippen molar-refractivity contribution in [2.75, 3.05) is 0 Å². The van der Waals surface area contributed by atoms with E-state index in [0.717, 1.165) is 31.2 Å². The first-order valence-corrected chi connectivity index (χ1v) is 7.86. The van der Waals surface area contributed by atoms with Gasteiger partial charge in [-0.25, -0.2) is 4.79 Å². The zero-order valence-corrected chi connectivity index (χ0v) is 13.0. The lowest BCUT2D eigenvalue weighted by Crippen LogP contribution is -2.43. The molecular formula is C17H26N2O2. The molecule has 1 aliphatic carbocycles. The second-order valence-corrected chi connectivity index (χ2v) is 6.08. The van der Waals surface area contributed by atoms with E-state index >= 15 is 0 Å². The van der Waals surface area contributed by atoms with Crippen LogP contribution in [0.25, 0.3) is 0 Å². The predicted octanol–water partition coefficient (Wildman–Crippen LogP) is 3.22. The van der Waals surface area contributed by atoms with Gasteiger partial charge in [0.15, 0.2) is 0 Å². The van der Waals surface area contributed by atoms with Gasteiger partial charge in [-0.15, -0.1) is 0 Å². The van der Waals surface area contributed by atoms with Crippen molar-refractivity contribution in [3.8, 4) is 0 Å². The van der Waals surface area contributed by atoms with Crippen LogP contribution in [0.15, 0.2) is 30.3 Å². The molecule has 1 aliphatic rings. The summed E-state index contributed by atoms with van der Waals surface area (Å²) in [7, 11) is 0. The van der Waals surface area contributed by atoms with E-state index in [0.29, 0.717) is 18.7 Å². The summed E-state index contributed by atoms with van der Waals surface area (Å²) in [6, 6.07) is 11.1. The van der Waals surface area contributed by atoms with E-state index < -0.39 is 0 Å². The van der Waals surface area contributed by atoms with Gasteiger partial charge in [0.05, 0.1) is 0 Å².